The van der Waals surface area contributed by atoms with Gasteiger partial charge in [0, 0.05) is 5.02 Å². The van der Waals surface area contributed by atoms with Gasteiger partial charge in [0.15, 0.2) is 0 Å². The molecule has 2 aromatic carbocycles. The van der Waals surface area contributed by atoms with E-state index < -0.39 is 0 Å². The summed E-state index contributed by atoms with van der Waals surface area (Å²) in [6.45, 7) is 0. The number of halogens is 1. The minimum atomic E-state index is -0.160. The maximum atomic E-state index is 12.0. The Morgan fingerprint density at radius 2 is 2.10 bits per heavy atom. The molecule has 2 aromatic rings. The average Bonchev–Trinajstić information content (AvgIpc) is 2.43. The Morgan fingerprint density at radius 3 is 2.85 bits per heavy atom. The van der Waals surface area contributed by atoms with Gasteiger partial charge in [0.05, 0.1) is 24.9 Å². The summed E-state index contributed by atoms with van der Waals surface area (Å²) in [7, 11) is 1.59. The molecular formula is C15H15ClN2O2. The standard InChI is InChI=1S/C15H15ClN2O2/c1-20-12-4-2-3-10(7-12)8-15(19)18-14-9-11(16)5-6-13(14)17/h2-7,9H,8,17H2,1H3,(H,18,19). The molecule has 0 fully saturated rings. The lowest BCUT2D eigenvalue weighted by Gasteiger charge is -2.09. The van der Waals surface area contributed by atoms with Crippen molar-refractivity contribution >= 4 is 28.9 Å². The summed E-state index contributed by atoms with van der Waals surface area (Å²) in [6.07, 6.45) is 0.239. The van der Waals surface area contributed by atoms with E-state index in [-0.39, 0.29) is 12.3 Å². The van der Waals surface area contributed by atoms with Crippen LogP contribution in [0.5, 0.6) is 5.75 Å². The Hall–Kier alpha value is -2.20. The fraction of sp³-hybridized carbons (Fsp3) is 0.133. The van der Waals surface area contributed by atoms with Crippen LogP contribution in [0.15, 0.2) is 42.5 Å². The zero-order valence-electron chi connectivity index (χ0n) is 11.0. The number of anilines is 2. The number of carbonyl (C=O) groups excluding carboxylic acids is 1. The molecule has 0 aliphatic heterocycles. The predicted molar refractivity (Wildman–Crippen MR) is 81.2 cm³/mol. The van der Waals surface area contributed by atoms with Crippen LogP contribution in [0.1, 0.15) is 5.56 Å². The Bertz CT molecular complexity index is 629. The van der Waals surface area contributed by atoms with Gasteiger partial charge in [0.1, 0.15) is 5.75 Å². The van der Waals surface area contributed by atoms with Crippen molar-refractivity contribution in [3.63, 3.8) is 0 Å². The molecule has 1 amide bonds. The van der Waals surface area contributed by atoms with Gasteiger partial charge in [-0.2, -0.15) is 0 Å². The van der Waals surface area contributed by atoms with Gasteiger partial charge in [-0.25, -0.2) is 0 Å². The van der Waals surface area contributed by atoms with Gasteiger partial charge in [-0.3, -0.25) is 4.79 Å². The van der Waals surface area contributed by atoms with E-state index in [2.05, 4.69) is 5.32 Å². The van der Waals surface area contributed by atoms with Gasteiger partial charge >= 0.3 is 0 Å². The third kappa shape index (κ3) is 3.65. The van der Waals surface area contributed by atoms with Crippen LogP contribution >= 0.6 is 11.6 Å². The van der Waals surface area contributed by atoms with E-state index in [1.165, 1.54) is 0 Å². The summed E-state index contributed by atoms with van der Waals surface area (Å²) in [4.78, 5) is 12.0. The van der Waals surface area contributed by atoms with Gasteiger partial charge in [-0.15, -0.1) is 0 Å². The first kappa shape index (κ1) is 14.2. The van der Waals surface area contributed by atoms with Crippen molar-refractivity contribution in [3.8, 4) is 5.75 Å². The van der Waals surface area contributed by atoms with E-state index in [0.29, 0.717) is 16.4 Å². The molecule has 0 bridgehead atoms. The van der Waals surface area contributed by atoms with E-state index in [1.807, 2.05) is 24.3 Å². The SMILES string of the molecule is COc1cccc(CC(=O)Nc2cc(Cl)ccc2N)c1. The van der Waals surface area contributed by atoms with Crippen LogP contribution in [-0.2, 0) is 11.2 Å². The maximum absolute atomic E-state index is 12.0. The van der Waals surface area contributed by atoms with Crippen LogP contribution in [0.2, 0.25) is 5.02 Å². The van der Waals surface area contributed by atoms with E-state index in [9.17, 15) is 4.79 Å². The summed E-state index contributed by atoms with van der Waals surface area (Å²) in [5, 5.41) is 3.27. The number of ether oxygens (including phenoxy) is 1. The van der Waals surface area contributed by atoms with Crippen LogP contribution in [0.25, 0.3) is 0 Å². The largest absolute Gasteiger partial charge is 0.497 e. The highest BCUT2D eigenvalue weighted by Gasteiger charge is 2.07. The van der Waals surface area contributed by atoms with Crippen LogP contribution in [0.3, 0.4) is 0 Å². The molecule has 0 aromatic heterocycles. The molecule has 0 saturated heterocycles. The molecule has 2 rings (SSSR count). The summed E-state index contributed by atoms with van der Waals surface area (Å²) in [5.41, 5.74) is 7.65. The number of benzene rings is 2. The summed E-state index contributed by atoms with van der Waals surface area (Å²) >= 11 is 5.88. The molecule has 20 heavy (non-hydrogen) atoms. The fourth-order valence-corrected chi connectivity index (χ4v) is 1.97. The van der Waals surface area contributed by atoms with Crippen molar-refractivity contribution in [1.29, 1.82) is 0 Å². The third-order valence-corrected chi connectivity index (χ3v) is 3.02. The van der Waals surface area contributed by atoms with Crippen molar-refractivity contribution < 1.29 is 9.53 Å². The Morgan fingerprint density at radius 1 is 1.30 bits per heavy atom. The van der Waals surface area contributed by atoms with Gasteiger partial charge in [-0.05, 0) is 35.9 Å². The van der Waals surface area contributed by atoms with Crippen molar-refractivity contribution in [2.75, 3.05) is 18.2 Å². The molecular weight excluding hydrogens is 276 g/mol. The predicted octanol–water partition coefficient (Wildman–Crippen LogP) is 3.11. The lowest BCUT2D eigenvalue weighted by molar-refractivity contribution is -0.115. The third-order valence-electron chi connectivity index (χ3n) is 2.79. The molecule has 104 valence electrons. The molecule has 0 aliphatic rings. The molecule has 0 aliphatic carbocycles. The molecule has 4 nitrogen and oxygen atoms in total. The van der Waals surface area contributed by atoms with Gasteiger partial charge in [-0.1, -0.05) is 23.7 Å². The number of nitrogens with two attached hydrogens (primary N) is 1. The molecule has 0 atom stereocenters. The zero-order chi connectivity index (χ0) is 14.5. The topological polar surface area (TPSA) is 64.3 Å². The Labute approximate surface area is 122 Å². The van der Waals surface area contributed by atoms with E-state index >= 15 is 0 Å². The molecule has 0 radical (unpaired) electrons. The van der Waals surface area contributed by atoms with Crippen LogP contribution < -0.4 is 15.8 Å². The zero-order valence-corrected chi connectivity index (χ0v) is 11.8. The molecule has 0 heterocycles. The van der Waals surface area contributed by atoms with E-state index in [1.54, 1.807) is 25.3 Å². The summed E-state index contributed by atoms with van der Waals surface area (Å²) in [6, 6.07) is 12.3. The number of hydrogen-bond donors (Lipinski definition) is 2. The number of nitrogen functional groups attached to an aromatic ring is 1. The highest BCUT2D eigenvalue weighted by molar-refractivity contribution is 6.31. The van der Waals surface area contributed by atoms with Gasteiger partial charge in [0.2, 0.25) is 5.91 Å². The second kappa shape index (κ2) is 6.30. The number of nitrogens with one attached hydrogen (secondary N) is 1. The number of hydrogen-bond acceptors (Lipinski definition) is 3. The maximum Gasteiger partial charge on any atom is 0.228 e. The van der Waals surface area contributed by atoms with E-state index in [0.717, 1.165) is 11.3 Å². The Kier molecular flexibility index (Phi) is 4.48. The van der Waals surface area contributed by atoms with Crippen molar-refractivity contribution in [2.45, 2.75) is 6.42 Å². The molecule has 0 saturated carbocycles. The van der Waals surface area contributed by atoms with Gasteiger partial charge < -0.3 is 15.8 Å². The number of methoxy groups -OCH3 is 1. The second-order valence-corrected chi connectivity index (χ2v) is 4.74. The van der Waals surface area contributed by atoms with Gasteiger partial charge in [0.25, 0.3) is 0 Å². The monoisotopic (exact) mass is 290 g/mol. The number of rotatable bonds is 4. The van der Waals surface area contributed by atoms with Crippen molar-refractivity contribution in [3.05, 3.63) is 53.1 Å². The minimum Gasteiger partial charge on any atom is -0.497 e. The summed E-state index contributed by atoms with van der Waals surface area (Å²) < 4.78 is 5.12. The van der Waals surface area contributed by atoms with Crippen molar-refractivity contribution in [2.24, 2.45) is 0 Å². The molecule has 3 N–H and O–H groups in total. The smallest absolute Gasteiger partial charge is 0.228 e. The fourth-order valence-electron chi connectivity index (χ4n) is 1.80. The highest BCUT2D eigenvalue weighted by atomic mass is 35.5. The van der Waals surface area contributed by atoms with E-state index in [4.69, 9.17) is 22.1 Å². The lowest BCUT2D eigenvalue weighted by atomic mass is 10.1. The normalized spacial score (nSPS) is 10.1. The van der Waals surface area contributed by atoms with Crippen LogP contribution in [-0.4, -0.2) is 13.0 Å². The first-order valence-corrected chi connectivity index (χ1v) is 6.44. The quantitative estimate of drug-likeness (QED) is 0.850. The van der Waals surface area contributed by atoms with Crippen LogP contribution in [0, 0.1) is 0 Å². The highest BCUT2D eigenvalue weighted by Crippen LogP contribution is 2.23. The molecule has 5 heteroatoms. The lowest BCUT2D eigenvalue weighted by Crippen LogP contribution is -2.15. The minimum absolute atomic E-state index is 0.160. The summed E-state index contributed by atoms with van der Waals surface area (Å²) in [5.74, 6) is 0.560. The Balaban J connectivity index is 2.07. The first-order valence-electron chi connectivity index (χ1n) is 6.06. The number of carbonyl (C=O) groups is 1. The first-order chi connectivity index (χ1) is 9.58. The second-order valence-electron chi connectivity index (χ2n) is 4.31. The molecule has 0 spiro atoms. The van der Waals surface area contributed by atoms with Crippen molar-refractivity contribution in [1.82, 2.24) is 0 Å². The average molecular weight is 291 g/mol. The number of amides is 1. The molecule has 0 unspecified atom stereocenters. The van der Waals surface area contributed by atoms with Crippen LogP contribution in [0.4, 0.5) is 11.4 Å².